The van der Waals surface area contributed by atoms with Crippen molar-refractivity contribution in [1.29, 1.82) is 0 Å². The molecule has 2 N–H and O–H groups in total. The highest BCUT2D eigenvalue weighted by molar-refractivity contribution is 5.94. The summed E-state index contributed by atoms with van der Waals surface area (Å²) in [4.78, 5) is 11.8. The average molecular weight is 280 g/mol. The first-order valence-electron chi connectivity index (χ1n) is 7.50. The van der Waals surface area contributed by atoms with Crippen molar-refractivity contribution in [2.45, 2.75) is 25.8 Å². The molecule has 0 radical (unpaired) electrons. The van der Waals surface area contributed by atoms with E-state index < -0.39 is 0 Å². The van der Waals surface area contributed by atoms with Crippen molar-refractivity contribution in [1.82, 2.24) is 5.32 Å². The number of hydrogen-bond donors (Lipinski definition) is 2. The van der Waals surface area contributed by atoms with Gasteiger partial charge in [-0.25, -0.2) is 0 Å². The van der Waals surface area contributed by atoms with E-state index in [4.69, 9.17) is 0 Å². The van der Waals surface area contributed by atoms with Crippen LogP contribution in [0.15, 0.2) is 48.5 Å². The van der Waals surface area contributed by atoms with Gasteiger partial charge in [-0.2, -0.15) is 0 Å². The fourth-order valence-electron chi connectivity index (χ4n) is 2.82. The van der Waals surface area contributed by atoms with Gasteiger partial charge in [0.05, 0.1) is 6.04 Å². The minimum Gasteiger partial charge on any atom is -0.378 e. The minimum absolute atomic E-state index is 0.00833. The Kier molecular flexibility index (Phi) is 3.91. The number of fused-ring (bicyclic) bond motifs is 1. The predicted molar refractivity (Wildman–Crippen MR) is 85.6 cm³/mol. The van der Waals surface area contributed by atoms with E-state index in [9.17, 15) is 4.79 Å². The largest absolute Gasteiger partial charge is 0.378 e. The zero-order chi connectivity index (χ0) is 14.7. The van der Waals surface area contributed by atoms with Crippen LogP contribution in [-0.2, 0) is 6.42 Å². The van der Waals surface area contributed by atoms with E-state index in [1.165, 1.54) is 16.8 Å². The van der Waals surface area contributed by atoms with Gasteiger partial charge < -0.3 is 10.6 Å². The molecule has 0 spiro atoms. The standard InChI is InChI=1S/C18H20N2O/c1-2-19-18(21)15-9-7-14(8-10-15)17-12-11-13-5-3-4-6-16(13)20-17/h3-10,17,20H,2,11-12H2,1H3,(H,19,21). The van der Waals surface area contributed by atoms with Crippen LogP contribution in [0, 0.1) is 0 Å². The van der Waals surface area contributed by atoms with E-state index in [0.717, 1.165) is 18.4 Å². The van der Waals surface area contributed by atoms with Gasteiger partial charge in [0.15, 0.2) is 0 Å². The van der Waals surface area contributed by atoms with E-state index in [2.05, 4.69) is 47.0 Å². The molecule has 0 bridgehead atoms. The maximum absolute atomic E-state index is 11.8. The zero-order valence-corrected chi connectivity index (χ0v) is 12.2. The highest BCUT2D eigenvalue weighted by Gasteiger charge is 2.18. The van der Waals surface area contributed by atoms with E-state index in [-0.39, 0.29) is 5.91 Å². The van der Waals surface area contributed by atoms with Crippen LogP contribution in [0.4, 0.5) is 5.69 Å². The van der Waals surface area contributed by atoms with Crippen molar-refractivity contribution in [2.24, 2.45) is 0 Å². The number of rotatable bonds is 3. The molecule has 0 fully saturated rings. The van der Waals surface area contributed by atoms with Crippen LogP contribution >= 0.6 is 0 Å². The molecule has 1 amide bonds. The molecule has 1 aliphatic rings. The van der Waals surface area contributed by atoms with Gasteiger partial charge in [-0.15, -0.1) is 0 Å². The lowest BCUT2D eigenvalue weighted by Crippen LogP contribution is -2.23. The topological polar surface area (TPSA) is 41.1 Å². The molecule has 3 heteroatoms. The van der Waals surface area contributed by atoms with Crippen molar-refractivity contribution >= 4 is 11.6 Å². The lowest BCUT2D eigenvalue weighted by Gasteiger charge is -2.27. The number of anilines is 1. The summed E-state index contributed by atoms with van der Waals surface area (Å²) in [6, 6.07) is 16.7. The number of carbonyl (C=O) groups is 1. The Bertz CT molecular complexity index is 634. The molecule has 21 heavy (non-hydrogen) atoms. The van der Waals surface area contributed by atoms with Gasteiger partial charge in [-0.05, 0) is 49.1 Å². The van der Waals surface area contributed by atoms with Crippen molar-refractivity contribution in [2.75, 3.05) is 11.9 Å². The van der Waals surface area contributed by atoms with Gasteiger partial charge in [0.25, 0.3) is 5.91 Å². The monoisotopic (exact) mass is 280 g/mol. The molecule has 2 aromatic rings. The van der Waals surface area contributed by atoms with Crippen LogP contribution in [0.2, 0.25) is 0 Å². The molecule has 0 saturated heterocycles. The number of carbonyl (C=O) groups excluding carboxylic acids is 1. The number of para-hydroxylation sites is 1. The van der Waals surface area contributed by atoms with E-state index in [1.54, 1.807) is 0 Å². The lowest BCUT2D eigenvalue weighted by molar-refractivity contribution is 0.0956. The third-order valence-electron chi connectivity index (χ3n) is 3.96. The van der Waals surface area contributed by atoms with Crippen LogP contribution in [0.25, 0.3) is 0 Å². The summed E-state index contributed by atoms with van der Waals surface area (Å²) in [7, 11) is 0. The minimum atomic E-state index is -0.00833. The van der Waals surface area contributed by atoms with Crippen LogP contribution < -0.4 is 10.6 Å². The second-order valence-electron chi connectivity index (χ2n) is 5.37. The van der Waals surface area contributed by atoms with Crippen molar-refractivity contribution in [3.05, 3.63) is 65.2 Å². The molecule has 2 aromatic carbocycles. The fourth-order valence-corrected chi connectivity index (χ4v) is 2.82. The quantitative estimate of drug-likeness (QED) is 0.903. The summed E-state index contributed by atoms with van der Waals surface area (Å²) in [6.45, 7) is 2.58. The Balaban J connectivity index is 1.75. The van der Waals surface area contributed by atoms with Crippen molar-refractivity contribution in [3.8, 4) is 0 Å². The molecule has 3 rings (SSSR count). The summed E-state index contributed by atoms with van der Waals surface area (Å²) in [6.07, 6.45) is 2.17. The third kappa shape index (κ3) is 2.92. The molecule has 1 aliphatic heterocycles. The van der Waals surface area contributed by atoms with Gasteiger partial charge >= 0.3 is 0 Å². The van der Waals surface area contributed by atoms with E-state index >= 15 is 0 Å². The Morgan fingerprint density at radius 3 is 2.71 bits per heavy atom. The number of aryl methyl sites for hydroxylation is 1. The number of nitrogens with one attached hydrogen (secondary N) is 2. The molecule has 0 saturated carbocycles. The van der Waals surface area contributed by atoms with Crippen molar-refractivity contribution in [3.63, 3.8) is 0 Å². The van der Waals surface area contributed by atoms with Crippen LogP contribution in [0.3, 0.4) is 0 Å². The summed E-state index contributed by atoms with van der Waals surface area (Å²) < 4.78 is 0. The van der Waals surface area contributed by atoms with Gasteiger partial charge in [0, 0.05) is 17.8 Å². The fraction of sp³-hybridized carbons (Fsp3) is 0.278. The summed E-state index contributed by atoms with van der Waals surface area (Å²) in [5, 5.41) is 6.41. The first-order valence-corrected chi connectivity index (χ1v) is 7.50. The maximum Gasteiger partial charge on any atom is 0.251 e. The van der Waals surface area contributed by atoms with E-state index in [1.807, 2.05) is 19.1 Å². The number of benzene rings is 2. The van der Waals surface area contributed by atoms with Gasteiger partial charge in [-0.1, -0.05) is 30.3 Å². The third-order valence-corrected chi connectivity index (χ3v) is 3.96. The Labute approximate surface area is 125 Å². The molecule has 0 aromatic heterocycles. The molecule has 0 aliphatic carbocycles. The van der Waals surface area contributed by atoms with Gasteiger partial charge in [0.1, 0.15) is 0 Å². The molecule has 1 atom stereocenters. The SMILES string of the molecule is CCNC(=O)c1ccc(C2CCc3ccccc3N2)cc1. The maximum atomic E-state index is 11.8. The number of hydrogen-bond acceptors (Lipinski definition) is 2. The zero-order valence-electron chi connectivity index (χ0n) is 12.2. The average Bonchev–Trinajstić information content (AvgIpc) is 2.55. The molecule has 1 unspecified atom stereocenters. The van der Waals surface area contributed by atoms with Crippen LogP contribution in [0.5, 0.6) is 0 Å². The molecular weight excluding hydrogens is 260 g/mol. The highest BCUT2D eigenvalue weighted by atomic mass is 16.1. The first kappa shape index (κ1) is 13.7. The molecular formula is C18H20N2O. The van der Waals surface area contributed by atoms with Crippen LogP contribution in [-0.4, -0.2) is 12.5 Å². The second kappa shape index (κ2) is 6.00. The summed E-state index contributed by atoms with van der Waals surface area (Å²) in [5.41, 5.74) is 4.56. The van der Waals surface area contributed by atoms with Gasteiger partial charge in [0.2, 0.25) is 0 Å². The van der Waals surface area contributed by atoms with E-state index in [0.29, 0.717) is 12.6 Å². The molecule has 3 nitrogen and oxygen atoms in total. The summed E-state index contributed by atoms with van der Waals surface area (Å²) in [5.74, 6) is -0.00833. The normalized spacial score (nSPS) is 16.7. The summed E-state index contributed by atoms with van der Waals surface area (Å²) >= 11 is 0. The molecule has 1 heterocycles. The molecule has 108 valence electrons. The second-order valence-corrected chi connectivity index (χ2v) is 5.37. The lowest BCUT2D eigenvalue weighted by atomic mass is 9.93. The highest BCUT2D eigenvalue weighted by Crippen LogP contribution is 2.32. The Morgan fingerprint density at radius 2 is 1.95 bits per heavy atom. The Morgan fingerprint density at radius 1 is 1.19 bits per heavy atom. The Hall–Kier alpha value is -2.29. The first-order chi connectivity index (χ1) is 10.3. The smallest absolute Gasteiger partial charge is 0.251 e. The predicted octanol–water partition coefficient (Wildman–Crippen LogP) is 3.54. The van der Waals surface area contributed by atoms with Gasteiger partial charge in [-0.3, -0.25) is 4.79 Å². The number of amides is 1. The van der Waals surface area contributed by atoms with Crippen LogP contribution in [0.1, 0.15) is 40.9 Å². The van der Waals surface area contributed by atoms with Crippen molar-refractivity contribution < 1.29 is 4.79 Å².